The van der Waals surface area contributed by atoms with Gasteiger partial charge in [0, 0.05) is 7.05 Å². The van der Waals surface area contributed by atoms with Crippen molar-refractivity contribution < 1.29 is 0 Å². The van der Waals surface area contributed by atoms with Gasteiger partial charge in [0.1, 0.15) is 0 Å². The molecule has 2 N–H and O–H groups in total. The Hall–Kier alpha value is -1.22. The highest BCUT2D eigenvalue weighted by Crippen LogP contribution is 2.31. The van der Waals surface area contributed by atoms with Crippen LogP contribution in [0.4, 0.5) is 11.4 Å². The van der Waals surface area contributed by atoms with Crippen molar-refractivity contribution in [3.8, 4) is 0 Å². The molecule has 82 valence electrons. The minimum atomic E-state index is 0.339. The van der Waals surface area contributed by atoms with Crippen LogP contribution < -0.4 is 16.0 Å². The lowest BCUT2D eigenvalue weighted by Gasteiger charge is -2.18. The summed E-state index contributed by atoms with van der Waals surface area (Å²) < 4.78 is 0. The van der Waals surface area contributed by atoms with Crippen molar-refractivity contribution in [1.82, 2.24) is 5.53 Å². The molecule has 1 aliphatic heterocycles. The van der Waals surface area contributed by atoms with Crippen LogP contribution in [0.3, 0.4) is 0 Å². The Bertz CT molecular complexity index is 366. The summed E-state index contributed by atoms with van der Waals surface area (Å²) in [5.41, 5.74) is 10.3. The highest BCUT2D eigenvalue weighted by atomic mass is 15.7. The van der Waals surface area contributed by atoms with E-state index in [2.05, 4.69) is 49.9 Å². The van der Waals surface area contributed by atoms with Crippen LogP contribution in [-0.4, -0.2) is 7.05 Å². The zero-order chi connectivity index (χ0) is 11.1. The van der Waals surface area contributed by atoms with Crippen LogP contribution in [0.15, 0.2) is 18.2 Å². The maximum absolute atomic E-state index is 3.15. The van der Waals surface area contributed by atoms with E-state index in [4.69, 9.17) is 0 Å². The third kappa shape index (κ3) is 2.23. The van der Waals surface area contributed by atoms with Crippen LogP contribution in [0, 0.1) is 5.41 Å². The van der Waals surface area contributed by atoms with Gasteiger partial charge in [0.05, 0.1) is 11.4 Å². The van der Waals surface area contributed by atoms with Crippen molar-refractivity contribution in [3.05, 3.63) is 23.8 Å². The molecule has 2 rings (SSSR count). The van der Waals surface area contributed by atoms with Gasteiger partial charge in [-0.2, -0.15) is 0 Å². The van der Waals surface area contributed by atoms with E-state index in [0.29, 0.717) is 5.41 Å². The number of rotatable bonds is 1. The minimum Gasteiger partial charge on any atom is -0.302 e. The summed E-state index contributed by atoms with van der Waals surface area (Å²) in [7, 11) is 2.00. The summed E-state index contributed by atoms with van der Waals surface area (Å²) in [4.78, 5) is 0. The summed E-state index contributed by atoms with van der Waals surface area (Å²) in [6.45, 7) is 6.79. The Morgan fingerprint density at radius 1 is 1.27 bits per heavy atom. The molecular formula is C12H19N3. The van der Waals surface area contributed by atoms with Gasteiger partial charge >= 0.3 is 0 Å². The molecular weight excluding hydrogens is 186 g/mol. The van der Waals surface area contributed by atoms with Gasteiger partial charge in [0.25, 0.3) is 0 Å². The van der Waals surface area contributed by atoms with Crippen LogP contribution in [0.2, 0.25) is 0 Å². The predicted octanol–water partition coefficient (Wildman–Crippen LogP) is 2.56. The van der Waals surface area contributed by atoms with E-state index in [1.807, 2.05) is 12.1 Å². The first-order valence-corrected chi connectivity index (χ1v) is 5.34. The normalized spacial score (nSPS) is 15.1. The van der Waals surface area contributed by atoms with Gasteiger partial charge in [-0.15, -0.1) is 5.53 Å². The Morgan fingerprint density at radius 3 is 2.67 bits per heavy atom. The fourth-order valence-corrected chi connectivity index (χ4v) is 1.90. The standard InChI is InChI=1S/C12H19N3/c1-12(2,3)8-9-5-6-11-10(7-9)13-14-15(11)4/h5-7,13-14H,8H2,1-4H3. The average Bonchev–Trinajstić information content (AvgIpc) is 2.45. The van der Waals surface area contributed by atoms with E-state index in [9.17, 15) is 0 Å². The Morgan fingerprint density at radius 2 is 2.00 bits per heavy atom. The maximum atomic E-state index is 3.15. The molecule has 1 aromatic rings. The third-order valence-corrected chi connectivity index (χ3v) is 2.52. The van der Waals surface area contributed by atoms with Crippen LogP contribution >= 0.6 is 0 Å². The predicted molar refractivity (Wildman–Crippen MR) is 64.8 cm³/mol. The van der Waals surface area contributed by atoms with E-state index in [-0.39, 0.29) is 0 Å². The second-order valence-electron chi connectivity index (χ2n) is 5.38. The number of nitrogens with zero attached hydrogens (tertiary/aromatic N) is 1. The van der Waals surface area contributed by atoms with Crippen LogP contribution in [0.5, 0.6) is 0 Å². The van der Waals surface area contributed by atoms with Crippen molar-refractivity contribution in [2.24, 2.45) is 5.41 Å². The molecule has 0 unspecified atom stereocenters. The van der Waals surface area contributed by atoms with E-state index < -0.39 is 0 Å². The molecule has 0 aliphatic carbocycles. The van der Waals surface area contributed by atoms with Crippen molar-refractivity contribution in [2.45, 2.75) is 27.2 Å². The van der Waals surface area contributed by atoms with Crippen molar-refractivity contribution in [3.63, 3.8) is 0 Å². The molecule has 1 aliphatic rings. The zero-order valence-corrected chi connectivity index (χ0v) is 9.89. The summed E-state index contributed by atoms with van der Waals surface area (Å²) >= 11 is 0. The molecule has 3 nitrogen and oxygen atoms in total. The summed E-state index contributed by atoms with van der Waals surface area (Å²) in [5, 5.41) is 1.98. The van der Waals surface area contributed by atoms with Gasteiger partial charge in [-0.05, 0) is 29.5 Å². The van der Waals surface area contributed by atoms with Gasteiger partial charge in [-0.1, -0.05) is 26.8 Å². The largest absolute Gasteiger partial charge is 0.302 e. The molecule has 0 radical (unpaired) electrons. The molecule has 0 spiro atoms. The number of anilines is 2. The number of hydrogen-bond acceptors (Lipinski definition) is 3. The molecule has 3 heteroatoms. The number of hydrogen-bond donors (Lipinski definition) is 2. The number of nitrogens with one attached hydrogen (secondary N) is 2. The number of hydrazine groups is 2. The topological polar surface area (TPSA) is 27.3 Å². The van der Waals surface area contributed by atoms with E-state index in [1.165, 1.54) is 16.9 Å². The molecule has 15 heavy (non-hydrogen) atoms. The first kappa shape index (κ1) is 10.3. The van der Waals surface area contributed by atoms with E-state index >= 15 is 0 Å². The second kappa shape index (κ2) is 3.42. The first-order chi connectivity index (χ1) is 6.96. The molecule has 1 aromatic carbocycles. The van der Waals surface area contributed by atoms with Crippen molar-refractivity contribution in [2.75, 3.05) is 17.5 Å². The van der Waals surface area contributed by atoms with Crippen LogP contribution in [0.25, 0.3) is 0 Å². The first-order valence-electron chi connectivity index (χ1n) is 5.34. The number of benzene rings is 1. The average molecular weight is 205 g/mol. The highest BCUT2D eigenvalue weighted by molar-refractivity contribution is 5.73. The molecule has 0 fully saturated rings. The van der Waals surface area contributed by atoms with Gasteiger partial charge < -0.3 is 5.43 Å². The van der Waals surface area contributed by atoms with Gasteiger partial charge in [0.2, 0.25) is 0 Å². The molecule has 0 atom stereocenters. The zero-order valence-electron chi connectivity index (χ0n) is 9.89. The number of fused-ring (bicyclic) bond motifs is 1. The molecule has 0 bridgehead atoms. The van der Waals surface area contributed by atoms with E-state index in [0.717, 1.165) is 6.42 Å². The smallest absolute Gasteiger partial charge is 0.0779 e. The monoisotopic (exact) mass is 205 g/mol. The van der Waals surface area contributed by atoms with Crippen LogP contribution in [-0.2, 0) is 6.42 Å². The third-order valence-electron chi connectivity index (χ3n) is 2.52. The second-order valence-corrected chi connectivity index (χ2v) is 5.38. The summed E-state index contributed by atoms with van der Waals surface area (Å²) in [6.07, 6.45) is 1.10. The lowest BCUT2D eigenvalue weighted by Crippen LogP contribution is -2.31. The Balaban J connectivity index is 2.24. The fraction of sp³-hybridized carbons (Fsp3) is 0.500. The SMILES string of the molecule is CN1NNc2cc(CC(C)(C)C)ccc21. The van der Waals surface area contributed by atoms with Crippen LogP contribution in [0.1, 0.15) is 26.3 Å². The molecule has 1 heterocycles. The summed E-state index contributed by atoms with van der Waals surface area (Å²) in [6, 6.07) is 6.58. The van der Waals surface area contributed by atoms with Crippen molar-refractivity contribution >= 4 is 11.4 Å². The molecule has 0 saturated carbocycles. The van der Waals surface area contributed by atoms with Gasteiger partial charge in [-0.25, -0.2) is 0 Å². The van der Waals surface area contributed by atoms with Crippen molar-refractivity contribution in [1.29, 1.82) is 0 Å². The molecule has 0 saturated heterocycles. The van der Waals surface area contributed by atoms with Gasteiger partial charge in [-0.3, -0.25) is 5.01 Å². The van der Waals surface area contributed by atoms with E-state index in [1.54, 1.807) is 0 Å². The summed E-state index contributed by atoms with van der Waals surface area (Å²) in [5.74, 6) is 0. The lowest BCUT2D eigenvalue weighted by atomic mass is 9.88. The lowest BCUT2D eigenvalue weighted by molar-refractivity contribution is 0.411. The molecule has 0 aromatic heterocycles. The molecule has 0 amide bonds. The Labute approximate surface area is 91.4 Å². The minimum absolute atomic E-state index is 0.339. The van der Waals surface area contributed by atoms with Gasteiger partial charge in [0.15, 0.2) is 0 Å². The maximum Gasteiger partial charge on any atom is 0.0779 e. The fourth-order valence-electron chi connectivity index (χ4n) is 1.90. The highest BCUT2D eigenvalue weighted by Gasteiger charge is 2.17. The Kier molecular flexibility index (Phi) is 2.35. The quantitative estimate of drug-likeness (QED) is 0.738.